The molecular formula is C23H24ClF2NO7S2. The summed E-state index contributed by atoms with van der Waals surface area (Å²) in [6, 6.07) is 6.99. The number of carbonyl (C=O) groups excluding carboxylic acids is 1. The summed E-state index contributed by atoms with van der Waals surface area (Å²) in [5.74, 6) is -5.03. The minimum Gasteiger partial charge on any atom is -0.490 e. The summed E-state index contributed by atoms with van der Waals surface area (Å²) >= 11 is 5.93. The third-order valence-electron chi connectivity index (χ3n) is 6.97. The van der Waals surface area contributed by atoms with Crippen LogP contribution in [0.2, 0.25) is 5.02 Å². The normalized spacial score (nSPS) is 24.8. The molecule has 1 amide bonds. The molecule has 1 fully saturated rings. The molecule has 2 aromatic carbocycles. The van der Waals surface area contributed by atoms with E-state index in [9.17, 15) is 26.0 Å². The molecule has 8 nitrogen and oxygen atoms in total. The number of carbonyl (C=O) groups is 1. The zero-order valence-corrected chi connectivity index (χ0v) is 21.5. The van der Waals surface area contributed by atoms with E-state index in [1.54, 1.807) is 0 Å². The molecule has 2 heterocycles. The molecule has 0 bridgehead atoms. The van der Waals surface area contributed by atoms with E-state index < -0.39 is 76.3 Å². The molecule has 2 aliphatic heterocycles. The Labute approximate surface area is 212 Å². The zero-order valence-electron chi connectivity index (χ0n) is 19.1. The number of primary amides is 1. The maximum atomic E-state index is 15.4. The van der Waals surface area contributed by atoms with Gasteiger partial charge in [-0.3, -0.25) is 4.79 Å². The summed E-state index contributed by atoms with van der Waals surface area (Å²) in [6.45, 7) is 0.623. The standard InChI is InChI=1S/C23H24ClF2NO7S2/c1-13(22(27)28)35(29,30)11-8-19-16-12-34-21-18(26)7-6-17(25)20(21)23(16,9-10-33-19)36(31,32)15-4-2-14(24)3-5-15/h2-7,13,16,19H,8-12H2,1H3,(H2,27,28)/t13?,16-,19-,23-/m0/s1. The van der Waals surface area contributed by atoms with Crippen molar-refractivity contribution in [3.8, 4) is 5.75 Å². The Kier molecular flexibility index (Phi) is 7.10. The van der Waals surface area contributed by atoms with Gasteiger partial charge in [0, 0.05) is 17.5 Å². The SMILES string of the molecule is CC(C(N)=O)S(=O)(=O)CC[C@@H]1OCC[C@@]2(S(=O)(=O)c3ccc(Cl)cc3)c3c(F)ccc(F)c3OC[C@@H]12. The van der Waals surface area contributed by atoms with Crippen LogP contribution in [-0.4, -0.2) is 53.1 Å². The molecular weight excluding hydrogens is 540 g/mol. The molecule has 0 saturated carbocycles. The first kappa shape index (κ1) is 26.8. The maximum absolute atomic E-state index is 15.4. The van der Waals surface area contributed by atoms with Gasteiger partial charge in [-0.1, -0.05) is 11.6 Å². The third-order valence-corrected chi connectivity index (χ3v) is 11.9. The Morgan fingerprint density at radius 3 is 2.42 bits per heavy atom. The molecule has 13 heteroatoms. The Bertz CT molecular complexity index is 1400. The average molecular weight is 564 g/mol. The predicted molar refractivity (Wildman–Crippen MR) is 127 cm³/mol. The van der Waals surface area contributed by atoms with Crippen molar-refractivity contribution < 1.29 is 39.9 Å². The van der Waals surface area contributed by atoms with Gasteiger partial charge in [-0.2, -0.15) is 0 Å². The zero-order chi connectivity index (χ0) is 26.5. The van der Waals surface area contributed by atoms with Gasteiger partial charge >= 0.3 is 0 Å². The Morgan fingerprint density at radius 1 is 1.14 bits per heavy atom. The summed E-state index contributed by atoms with van der Waals surface area (Å²) in [7, 11) is -8.40. The van der Waals surface area contributed by atoms with E-state index in [4.69, 9.17) is 26.8 Å². The van der Waals surface area contributed by atoms with Crippen LogP contribution in [0.5, 0.6) is 5.75 Å². The van der Waals surface area contributed by atoms with Crippen molar-refractivity contribution in [2.45, 2.75) is 40.8 Å². The highest BCUT2D eigenvalue weighted by atomic mass is 35.5. The van der Waals surface area contributed by atoms with Crippen LogP contribution >= 0.6 is 11.6 Å². The fourth-order valence-electron chi connectivity index (χ4n) is 4.97. The van der Waals surface area contributed by atoms with Crippen LogP contribution < -0.4 is 10.5 Å². The molecule has 36 heavy (non-hydrogen) atoms. The molecule has 2 aliphatic rings. The second-order valence-corrected chi connectivity index (χ2v) is 13.9. The van der Waals surface area contributed by atoms with Crippen LogP contribution in [0, 0.1) is 17.6 Å². The van der Waals surface area contributed by atoms with E-state index in [0.29, 0.717) is 0 Å². The first-order chi connectivity index (χ1) is 16.8. The number of hydrogen-bond donors (Lipinski definition) is 1. The molecule has 4 atom stereocenters. The molecule has 196 valence electrons. The van der Waals surface area contributed by atoms with Crippen molar-refractivity contribution in [3.63, 3.8) is 0 Å². The highest BCUT2D eigenvalue weighted by molar-refractivity contribution is 7.93. The van der Waals surface area contributed by atoms with Crippen molar-refractivity contribution in [2.24, 2.45) is 11.7 Å². The maximum Gasteiger partial charge on any atom is 0.235 e. The van der Waals surface area contributed by atoms with E-state index in [1.165, 1.54) is 24.3 Å². The Morgan fingerprint density at radius 2 is 1.78 bits per heavy atom. The first-order valence-electron chi connectivity index (χ1n) is 11.1. The van der Waals surface area contributed by atoms with Crippen LogP contribution in [0.15, 0.2) is 41.3 Å². The van der Waals surface area contributed by atoms with Gasteiger partial charge in [0.1, 0.15) is 15.8 Å². The van der Waals surface area contributed by atoms with Gasteiger partial charge in [0.25, 0.3) is 0 Å². The van der Waals surface area contributed by atoms with Gasteiger partial charge in [0.2, 0.25) is 5.91 Å². The molecule has 0 spiro atoms. The fraction of sp³-hybridized carbons (Fsp3) is 0.435. The average Bonchev–Trinajstić information content (AvgIpc) is 2.84. The largest absolute Gasteiger partial charge is 0.490 e. The summed E-state index contributed by atoms with van der Waals surface area (Å²) in [6.07, 6.45) is -1.45. The molecule has 0 aromatic heterocycles. The van der Waals surface area contributed by atoms with Crippen LogP contribution in [0.4, 0.5) is 8.78 Å². The van der Waals surface area contributed by atoms with Gasteiger partial charge in [-0.15, -0.1) is 0 Å². The molecule has 0 radical (unpaired) electrons. The molecule has 2 aromatic rings. The van der Waals surface area contributed by atoms with Gasteiger partial charge < -0.3 is 15.2 Å². The summed E-state index contributed by atoms with van der Waals surface area (Å²) < 4.78 is 92.9. The van der Waals surface area contributed by atoms with Crippen molar-refractivity contribution in [1.29, 1.82) is 0 Å². The van der Waals surface area contributed by atoms with Gasteiger partial charge in [0.05, 0.1) is 28.9 Å². The Hall–Kier alpha value is -2.28. The number of halogens is 3. The lowest BCUT2D eigenvalue weighted by Crippen LogP contribution is -2.57. The number of hydrogen-bond acceptors (Lipinski definition) is 7. The van der Waals surface area contributed by atoms with Gasteiger partial charge in [0.15, 0.2) is 31.2 Å². The molecule has 1 unspecified atom stereocenters. The van der Waals surface area contributed by atoms with Crippen molar-refractivity contribution >= 4 is 37.2 Å². The first-order valence-corrected chi connectivity index (χ1v) is 14.6. The molecule has 1 saturated heterocycles. The van der Waals surface area contributed by atoms with Crippen LogP contribution in [0.25, 0.3) is 0 Å². The van der Waals surface area contributed by atoms with Crippen molar-refractivity contribution in [1.82, 2.24) is 0 Å². The quantitative estimate of drug-likeness (QED) is 0.548. The Balaban J connectivity index is 1.85. The smallest absolute Gasteiger partial charge is 0.235 e. The third kappa shape index (κ3) is 4.27. The van der Waals surface area contributed by atoms with Crippen molar-refractivity contribution in [3.05, 3.63) is 58.6 Å². The van der Waals surface area contributed by atoms with E-state index in [1.807, 2.05) is 0 Å². The second-order valence-electron chi connectivity index (χ2n) is 8.86. The van der Waals surface area contributed by atoms with E-state index in [2.05, 4.69) is 0 Å². The summed E-state index contributed by atoms with van der Waals surface area (Å²) in [5, 5.41) is -1.18. The lowest BCUT2D eigenvalue weighted by Gasteiger charge is -2.50. The molecule has 2 N–H and O–H groups in total. The van der Waals surface area contributed by atoms with E-state index in [-0.39, 0.29) is 36.0 Å². The highest BCUT2D eigenvalue weighted by Gasteiger charge is 2.61. The minimum atomic E-state index is -4.42. The number of sulfone groups is 2. The van der Waals surface area contributed by atoms with Crippen LogP contribution in [0.1, 0.15) is 25.3 Å². The molecule has 4 rings (SSSR count). The van der Waals surface area contributed by atoms with Crippen LogP contribution in [-0.2, 0) is 34.0 Å². The fourth-order valence-corrected chi connectivity index (χ4v) is 8.71. The predicted octanol–water partition coefficient (Wildman–Crippen LogP) is 2.76. The number of benzene rings is 2. The summed E-state index contributed by atoms with van der Waals surface area (Å²) in [5.41, 5.74) is 4.69. The highest BCUT2D eigenvalue weighted by Crippen LogP contribution is 2.55. The van der Waals surface area contributed by atoms with E-state index >= 15 is 4.39 Å². The topological polar surface area (TPSA) is 130 Å². The number of amides is 1. The van der Waals surface area contributed by atoms with Gasteiger partial charge in [-0.25, -0.2) is 25.6 Å². The van der Waals surface area contributed by atoms with Crippen LogP contribution in [0.3, 0.4) is 0 Å². The summed E-state index contributed by atoms with van der Waals surface area (Å²) in [4.78, 5) is 11.3. The number of ether oxygens (including phenoxy) is 2. The van der Waals surface area contributed by atoms with Crippen molar-refractivity contribution in [2.75, 3.05) is 19.0 Å². The lowest BCUT2D eigenvalue weighted by molar-refractivity contribution is -0.117. The second kappa shape index (κ2) is 9.55. The minimum absolute atomic E-state index is 0.163. The monoisotopic (exact) mass is 563 g/mol. The number of fused-ring (bicyclic) bond motifs is 3. The van der Waals surface area contributed by atoms with Gasteiger partial charge in [-0.05, 0) is 56.2 Å². The van der Waals surface area contributed by atoms with E-state index in [0.717, 1.165) is 19.1 Å². The molecule has 0 aliphatic carbocycles. The lowest BCUT2D eigenvalue weighted by atomic mass is 9.75. The number of rotatable bonds is 7. The number of nitrogens with two attached hydrogens (primary N) is 1.